The summed E-state index contributed by atoms with van der Waals surface area (Å²) in [6, 6.07) is 7.47. The average Bonchev–Trinajstić information content (AvgIpc) is 2.91. The summed E-state index contributed by atoms with van der Waals surface area (Å²) < 4.78 is 7.94. The minimum Gasteiger partial charge on any atom is -0.618 e. The number of carbonyl (C=O) groups is 1. The molecule has 0 fully saturated rings. The maximum absolute atomic E-state index is 12.2. The van der Waals surface area contributed by atoms with E-state index in [0.29, 0.717) is 24.2 Å². The molecule has 0 radical (unpaired) electrons. The van der Waals surface area contributed by atoms with Gasteiger partial charge in [-0.15, -0.1) is 0 Å². The van der Waals surface area contributed by atoms with Crippen LogP contribution in [-0.2, 0) is 22.5 Å². The third-order valence-electron chi connectivity index (χ3n) is 4.03. The lowest BCUT2D eigenvalue weighted by Gasteiger charge is -2.10. The molecule has 0 saturated carbocycles. The summed E-state index contributed by atoms with van der Waals surface area (Å²) in [5, 5.41) is 13.1. The lowest BCUT2D eigenvalue weighted by atomic mass is 10.2. The Labute approximate surface area is 140 Å². The number of aryl methyl sites for hydroxylation is 2. The van der Waals surface area contributed by atoms with Gasteiger partial charge in [0.05, 0.1) is 23.9 Å². The molecule has 2 aromatic heterocycles. The monoisotopic (exact) mass is 327 g/mol. The predicted molar refractivity (Wildman–Crippen MR) is 91.4 cm³/mol. The zero-order valence-electron chi connectivity index (χ0n) is 14.0. The van der Waals surface area contributed by atoms with E-state index in [4.69, 9.17) is 4.74 Å². The van der Waals surface area contributed by atoms with Gasteiger partial charge in [-0.1, -0.05) is 19.1 Å². The van der Waals surface area contributed by atoms with Crippen molar-refractivity contribution in [1.29, 1.82) is 0 Å². The van der Waals surface area contributed by atoms with Crippen molar-refractivity contribution < 1.29 is 14.3 Å². The Morgan fingerprint density at radius 1 is 1.33 bits per heavy atom. The summed E-state index contributed by atoms with van der Waals surface area (Å²) >= 11 is 0. The fourth-order valence-corrected chi connectivity index (χ4v) is 3.03. The first-order valence-electron chi connectivity index (χ1n) is 8.31. The number of ether oxygens (including phenoxy) is 1. The standard InChI is InChI=1S/C18H21N3O3/c1-3-7-16-19-14-12-21(23)15-9-6-5-8-13(15)18(14)20(16)11-10-17(22)24-4-2/h5-6,8-9,12H,3-4,7,10-11H2,1-2H3. The Morgan fingerprint density at radius 2 is 2.12 bits per heavy atom. The SMILES string of the molecule is CCCc1nc2c[n+]([O-])c3ccccc3c2n1CCC(=O)OCC. The number of carbonyl (C=O) groups excluding carboxylic acids is 1. The van der Waals surface area contributed by atoms with Crippen LogP contribution in [0.25, 0.3) is 21.9 Å². The normalized spacial score (nSPS) is 11.2. The van der Waals surface area contributed by atoms with Crippen LogP contribution in [-0.4, -0.2) is 22.1 Å². The van der Waals surface area contributed by atoms with E-state index in [1.165, 1.54) is 6.20 Å². The van der Waals surface area contributed by atoms with Gasteiger partial charge in [-0.2, -0.15) is 4.73 Å². The summed E-state index contributed by atoms with van der Waals surface area (Å²) in [5.41, 5.74) is 2.17. The highest BCUT2D eigenvalue weighted by Gasteiger charge is 2.18. The third kappa shape index (κ3) is 2.91. The molecule has 0 aliphatic heterocycles. The topological polar surface area (TPSA) is 71.1 Å². The molecule has 0 atom stereocenters. The van der Waals surface area contributed by atoms with Crippen LogP contribution < -0.4 is 4.73 Å². The van der Waals surface area contributed by atoms with Gasteiger partial charge in [0.2, 0.25) is 11.7 Å². The molecule has 6 nitrogen and oxygen atoms in total. The number of imidazole rings is 1. The second kappa shape index (κ2) is 6.86. The number of hydrogen-bond donors (Lipinski definition) is 0. The number of nitrogens with zero attached hydrogens (tertiary/aromatic N) is 3. The quantitative estimate of drug-likeness (QED) is 0.396. The van der Waals surface area contributed by atoms with Gasteiger partial charge >= 0.3 is 5.97 Å². The van der Waals surface area contributed by atoms with Gasteiger partial charge in [0.1, 0.15) is 5.82 Å². The molecule has 126 valence electrons. The van der Waals surface area contributed by atoms with Crippen molar-refractivity contribution in [2.24, 2.45) is 0 Å². The number of hydrogen-bond acceptors (Lipinski definition) is 4. The molecule has 2 heterocycles. The van der Waals surface area contributed by atoms with Crippen molar-refractivity contribution in [3.05, 3.63) is 41.5 Å². The molecule has 0 aliphatic rings. The van der Waals surface area contributed by atoms with Crippen molar-refractivity contribution in [2.75, 3.05) is 6.61 Å². The third-order valence-corrected chi connectivity index (χ3v) is 4.03. The minimum atomic E-state index is -0.221. The largest absolute Gasteiger partial charge is 0.618 e. The molecule has 3 rings (SSSR count). The van der Waals surface area contributed by atoms with Gasteiger partial charge in [0, 0.05) is 19.0 Å². The molecular weight excluding hydrogens is 306 g/mol. The smallest absolute Gasteiger partial charge is 0.307 e. The summed E-state index contributed by atoms with van der Waals surface area (Å²) in [4.78, 5) is 16.4. The molecule has 0 bridgehead atoms. The van der Waals surface area contributed by atoms with Crippen LogP contribution in [0.5, 0.6) is 0 Å². The lowest BCUT2D eigenvalue weighted by molar-refractivity contribution is -0.575. The fraction of sp³-hybridized carbons (Fsp3) is 0.389. The van der Waals surface area contributed by atoms with E-state index in [1.54, 1.807) is 13.0 Å². The van der Waals surface area contributed by atoms with E-state index in [1.807, 2.05) is 18.2 Å². The van der Waals surface area contributed by atoms with E-state index in [-0.39, 0.29) is 12.4 Å². The van der Waals surface area contributed by atoms with E-state index >= 15 is 0 Å². The maximum Gasteiger partial charge on any atom is 0.307 e. The molecule has 1 aromatic carbocycles. The summed E-state index contributed by atoms with van der Waals surface area (Å²) in [6.45, 7) is 4.76. The van der Waals surface area contributed by atoms with E-state index < -0.39 is 0 Å². The van der Waals surface area contributed by atoms with Gasteiger partial charge in [-0.25, -0.2) is 4.98 Å². The molecular formula is C18H21N3O3. The van der Waals surface area contributed by atoms with E-state index in [2.05, 4.69) is 16.5 Å². The van der Waals surface area contributed by atoms with Crippen molar-refractivity contribution in [2.45, 2.75) is 39.7 Å². The maximum atomic E-state index is 12.2. The second-order valence-electron chi connectivity index (χ2n) is 5.69. The first-order valence-corrected chi connectivity index (χ1v) is 8.31. The lowest BCUT2D eigenvalue weighted by Crippen LogP contribution is -2.26. The number of rotatable bonds is 6. The van der Waals surface area contributed by atoms with Gasteiger partial charge in [-0.3, -0.25) is 4.79 Å². The Morgan fingerprint density at radius 3 is 2.88 bits per heavy atom. The van der Waals surface area contributed by atoms with E-state index in [0.717, 1.165) is 34.3 Å². The molecule has 0 saturated heterocycles. The number of fused-ring (bicyclic) bond motifs is 3. The van der Waals surface area contributed by atoms with Gasteiger partial charge < -0.3 is 14.5 Å². The van der Waals surface area contributed by atoms with Crippen LogP contribution in [0.15, 0.2) is 30.5 Å². The van der Waals surface area contributed by atoms with Crippen LogP contribution in [0, 0.1) is 5.21 Å². The van der Waals surface area contributed by atoms with Crippen molar-refractivity contribution in [3.63, 3.8) is 0 Å². The summed E-state index contributed by atoms with van der Waals surface area (Å²) in [7, 11) is 0. The second-order valence-corrected chi connectivity index (χ2v) is 5.69. The van der Waals surface area contributed by atoms with Crippen LogP contribution >= 0.6 is 0 Å². The minimum absolute atomic E-state index is 0.221. The number of esters is 1. The van der Waals surface area contributed by atoms with Gasteiger partial charge in [0.15, 0.2) is 5.52 Å². The number of aromatic nitrogens is 3. The van der Waals surface area contributed by atoms with Crippen LogP contribution in [0.1, 0.15) is 32.5 Å². The summed E-state index contributed by atoms with van der Waals surface area (Å²) in [6.07, 6.45) is 3.54. The molecule has 0 spiro atoms. The van der Waals surface area contributed by atoms with Gasteiger partial charge in [0.25, 0.3) is 0 Å². The molecule has 0 N–H and O–H groups in total. The number of pyridine rings is 1. The average molecular weight is 327 g/mol. The Balaban J connectivity index is 2.14. The highest BCUT2D eigenvalue weighted by atomic mass is 16.5. The Bertz CT molecular complexity index is 886. The highest BCUT2D eigenvalue weighted by Crippen LogP contribution is 2.24. The van der Waals surface area contributed by atoms with E-state index in [9.17, 15) is 10.0 Å². The summed E-state index contributed by atoms with van der Waals surface area (Å²) in [5.74, 6) is 0.675. The number of para-hydroxylation sites is 1. The first kappa shape index (κ1) is 16.2. The van der Waals surface area contributed by atoms with Crippen molar-refractivity contribution >= 4 is 27.9 Å². The molecule has 6 heteroatoms. The number of benzene rings is 1. The molecule has 0 unspecified atom stereocenters. The highest BCUT2D eigenvalue weighted by molar-refractivity contribution is 6.00. The Hall–Kier alpha value is -2.63. The van der Waals surface area contributed by atoms with Gasteiger partial charge in [-0.05, 0) is 19.4 Å². The first-order chi connectivity index (χ1) is 11.7. The zero-order chi connectivity index (χ0) is 17.1. The molecule has 0 amide bonds. The molecule has 0 aliphatic carbocycles. The van der Waals surface area contributed by atoms with Crippen LogP contribution in [0.4, 0.5) is 0 Å². The zero-order valence-corrected chi connectivity index (χ0v) is 14.0. The van der Waals surface area contributed by atoms with Crippen molar-refractivity contribution in [3.8, 4) is 0 Å². The van der Waals surface area contributed by atoms with Crippen molar-refractivity contribution in [1.82, 2.24) is 9.55 Å². The molecule has 3 aromatic rings. The van der Waals surface area contributed by atoms with Crippen LogP contribution in [0.3, 0.4) is 0 Å². The Kier molecular flexibility index (Phi) is 4.64. The fourth-order valence-electron chi connectivity index (χ4n) is 3.03. The predicted octanol–water partition coefficient (Wildman–Crippen LogP) is 2.73. The molecule has 24 heavy (non-hydrogen) atoms. The van der Waals surface area contributed by atoms with Crippen LogP contribution in [0.2, 0.25) is 0 Å².